The molecular weight excluding hydrogens is 441 g/mol. The van der Waals surface area contributed by atoms with Crippen molar-refractivity contribution in [3.8, 4) is 0 Å². The Morgan fingerprint density at radius 2 is 1.79 bits per heavy atom. The molecule has 176 valence electrons. The number of nitrogens with zero attached hydrogens (tertiary/aromatic N) is 3. The van der Waals surface area contributed by atoms with E-state index in [1.54, 1.807) is 43.3 Å². The van der Waals surface area contributed by atoms with Crippen molar-refractivity contribution in [1.29, 1.82) is 0 Å². The molecular formula is C22H23F3N4O4. The number of rotatable bonds is 5. The Labute approximate surface area is 188 Å². The number of nitro groups is 1. The van der Waals surface area contributed by atoms with Gasteiger partial charge in [-0.15, -0.1) is 0 Å². The highest BCUT2D eigenvalue weighted by Crippen LogP contribution is 2.37. The molecule has 8 nitrogen and oxygen atoms in total. The van der Waals surface area contributed by atoms with Gasteiger partial charge in [-0.2, -0.15) is 13.2 Å². The first kappa shape index (κ1) is 24.0. The van der Waals surface area contributed by atoms with E-state index in [1.165, 1.54) is 4.90 Å². The van der Waals surface area contributed by atoms with Gasteiger partial charge in [0.1, 0.15) is 5.69 Å². The minimum absolute atomic E-state index is 0.0988. The van der Waals surface area contributed by atoms with Gasteiger partial charge in [-0.3, -0.25) is 19.7 Å². The SMILES string of the molecule is CN(C)C(=O)c1cccc(NC(=O)C2CCN(c3ccc(C(F)(F)F)cc3[N+](=O)[O-])CC2)c1. The predicted octanol–water partition coefficient (Wildman–Crippen LogP) is 4.17. The van der Waals surface area contributed by atoms with Gasteiger partial charge in [0.05, 0.1) is 10.5 Å². The number of piperidine rings is 1. The maximum Gasteiger partial charge on any atom is 0.416 e. The zero-order chi connectivity index (χ0) is 24.3. The van der Waals surface area contributed by atoms with Crippen molar-refractivity contribution < 1.29 is 27.7 Å². The van der Waals surface area contributed by atoms with Crippen LogP contribution in [0.25, 0.3) is 0 Å². The average Bonchev–Trinajstić information content (AvgIpc) is 2.77. The molecule has 2 aromatic rings. The summed E-state index contributed by atoms with van der Waals surface area (Å²) >= 11 is 0. The van der Waals surface area contributed by atoms with Crippen LogP contribution in [0.3, 0.4) is 0 Å². The third-order valence-corrected chi connectivity index (χ3v) is 5.49. The van der Waals surface area contributed by atoms with Crippen molar-refractivity contribution in [2.75, 3.05) is 37.4 Å². The van der Waals surface area contributed by atoms with Gasteiger partial charge in [-0.1, -0.05) is 6.07 Å². The molecule has 1 aliphatic heterocycles. The van der Waals surface area contributed by atoms with Crippen LogP contribution in [0.1, 0.15) is 28.8 Å². The summed E-state index contributed by atoms with van der Waals surface area (Å²) in [5.41, 5.74) is -0.685. The summed E-state index contributed by atoms with van der Waals surface area (Å²) in [6, 6.07) is 9.03. The van der Waals surface area contributed by atoms with Gasteiger partial charge in [0.2, 0.25) is 5.91 Å². The van der Waals surface area contributed by atoms with E-state index in [9.17, 15) is 32.9 Å². The van der Waals surface area contributed by atoms with Crippen molar-refractivity contribution in [3.05, 3.63) is 63.7 Å². The van der Waals surface area contributed by atoms with E-state index in [2.05, 4.69) is 5.32 Å². The van der Waals surface area contributed by atoms with Gasteiger partial charge < -0.3 is 15.1 Å². The highest BCUT2D eigenvalue weighted by Gasteiger charge is 2.35. The largest absolute Gasteiger partial charge is 0.416 e. The number of carbonyl (C=O) groups excluding carboxylic acids is 2. The monoisotopic (exact) mass is 464 g/mol. The number of alkyl halides is 3. The third-order valence-electron chi connectivity index (χ3n) is 5.49. The highest BCUT2D eigenvalue weighted by molar-refractivity contribution is 5.97. The molecule has 0 unspecified atom stereocenters. The van der Waals surface area contributed by atoms with Gasteiger partial charge in [-0.25, -0.2) is 0 Å². The summed E-state index contributed by atoms with van der Waals surface area (Å²) in [7, 11) is 3.25. The first-order chi connectivity index (χ1) is 15.5. The summed E-state index contributed by atoms with van der Waals surface area (Å²) in [5, 5.41) is 14.1. The van der Waals surface area contributed by atoms with Crippen molar-refractivity contribution >= 4 is 28.9 Å². The maximum atomic E-state index is 12.9. The quantitative estimate of drug-likeness (QED) is 0.529. The van der Waals surface area contributed by atoms with Crippen LogP contribution in [0.2, 0.25) is 0 Å². The minimum atomic E-state index is -4.68. The molecule has 0 atom stereocenters. The van der Waals surface area contributed by atoms with E-state index >= 15 is 0 Å². The number of hydrogen-bond acceptors (Lipinski definition) is 5. The van der Waals surface area contributed by atoms with Crippen LogP contribution >= 0.6 is 0 Å². The zero-order valence-electron chi connectivity index (χ0n) is 18.1. The van der Waals surface area contributed by atoms with Gasteiger partial charge in [-0.05, 0) is 43.2 Å². The fraction of sp³-hybridized carbons (Fsp3) is 0.364. The summed E-state index contributed by atoms with van der Waals surface area (Å²) < 4.78 is 38.8. The summed E-state index contributed by atoms with van der Waals surface area (Å²) in [6.07, 6.45) is -3.93. The van der Waals surface area contributed by atoms with E-state index < -0.39 is 22.4 Å². The lowest BCUT2D eigenvalue weighted by molar-refractivity contribution is -0.384. The first-order valence-electron chi connectivity index (χ1n) is 10.2. The lowest BCUT2D eigenvalue weighted by Crippen LogP contribution is -2.38. The van der Waals surface area contributed by atoms with Crippen molar-refractivity contribution in [2.24, 2.45) is 5.92 Å². The van der Waals surface area contributed by atoms with Gasteiger partial charge in [0, 0.05) is 50.4 Å². The van der Waals surface area contributed by atoms with E-state index in [0.717, 1.165) is 12.1 Å². The fourth-order valence-corrected chi connectivity index (χ4v) is 3.73. The highest BCUT2D eigenvalue weighted by atomic mass is 19.4. The Morgan fingerprint density at radius 1 is 1.12 bits per heavy atom. The molecule has 0 bridgehead atoms. The van der Waals surface area contributed by atoms with Crippen LogP contribution in [0.5, 0.6) is 0 Å². The topological polar surface area (TPSA) is 95.8 Å². The molecule has 3 rings (SSSR count). The Hall–Kier alpha value is -3.63. The normalized spacial score (nSPS) is 14.6. The van der Waals surface area contributed by atoms with Crippen LogP contribution in [0.15, 0.2) is 42.5 Å². The lowest BCUT2D eigenvalue weighted by Gasteiger charge is -2.32. The van der Waals surface area contributed by atoms with Crippen LogP contribution < -0.4 is 10.2 Å². The van der Waals surface area contributed by atoms with E-state index in [0.29, 0.717) is 30.2 Å². The smallest absolute Gasteiger partial charge is 0.366 e. The van der Waals surface area contributed by atoms with Gasteiger partial charge in [0.15, 0.2) is 0 Å². The van der Waals surface area contributed by atoms with Crippen molar-refractivity contribution in [2.45, 2.75) is 19.0 Å². The van der Waals surface area contributed by atoms with Crippen molar-refractivity contribution in [3.63, 3.8) is 0 Å². The van der Waals surface area contributed by atoms with Crippen LogP contribution in [-0.4, -0.2) is 48.8 Å². The molecule has 1 heterocycles. The number of nitro benzene ring substituents is 1. The zero-order valence-corrected chi connectivity index (χ0v) is 18.1. The number of hydrogen-bond donors (Lipinski definition) is 1. The molecule has 1 fully saturated rings. The molecule has 33 heavy (non-hydrogen) atoms. The Bertz CT molecular complexity index is 1060. The molecule has 2 aromatic carbocycles. The Morgan fingerprint density at radius 3 is 2.36 bits per heavy atom. The van der Waals surface area contributed by atoms with Crippen molar-refractivity contribution in [1.82, 2.24) is 4.90 Å². The standard InChI is InChI=1S/C22H23F3N4O4/c1-27(2)21(31)15-4-3-5-17(12-15)26-20(30)14-8-10-28(11-9-14)18-7-6-16(22(23,24)25)13-19(18)29(32)33/h3-7,12-14H,8-11H2,1-2H3,(H,26,30). The molecule has 0 aromatic heterocycles. The number of halogens is 3. The molecule has 0 saturated carbocycles. The van der Waals surface area contributed by atoms with Crippen LogP contribution in [-0.2, 0) is 11.0 Å². The maximum absolute atomic E-state index is 12.9. The molecule has 0 aliphatic carbocycles. The van der Waals surface area contributed by atoms with Gasteiger partial charge in [0.25, 0.3) is 11.6 Å². The summed E-state index contributed by atoms with van der Waals surface area (Å²) in [6.45, 7) is 0.562. The second kappa shape index (κ2) is 9.47. The second-order valence-corrected chi connectivity index (χ2v) is 7.99. The number of nitrogens with one attached hydrogen (secondary N) is 1. The Balaban J connectivity index is 1.67. The first-order valence-corrected chi connectivity index (χ1v) is 10.2. The third kappa shape index (κ3) is 5.60. The summed E-state index contributed by atoms with van der Waals surface area (Å²) in [5.74, 6) is -0.813. The van der Waals surface area contributed by atoms with E-state index in [-0.39, 0.29) is 36.5 Å². The second-order valence-electron chi connectivity index (χ2n) is 7.99. The average molecular weight is 464 g/mol. The van der Waals surface area contributed by atoms with Gasteiger partial charge >= 0.3 is 6.18 Å². The van der Waals surface area contributed by atoms with E-state index in [4.69, 9.17) is 0 Å². The molecule has 2 amide bonds. The molecule has 1 saturated heterocycles. The molecule has 0 spiro atoms. The lowest BCUT2D eigenvalue weighted by atomic mass is 9.95. The molecule has 11 heteroatoms. The number of benzene rings is 2. The predicted molar refractivity (Wildman–Crippen MR) is 116 cm³/mol. The molecule has 1 aliphatic rings. The molecule has 0 radical (unpaired) electrons. The van der Waals surface area contributed by atoms with Crippen LogP contribution in [0, 0.1) is 16.0 Å². The van der Waals surface area contributed by atoms with Crippen LogP contribution in [0.4, 0.5) is 30.2 Å². The minimum Gasteiger partial charge on any atom is -0.366 e. The number of carbonyl (C=O) groups is 2. The molecule has 1 N–H and O–H groups in total. The summed E-state index contributed by atoms with van der Waals surface area (Å²) in [4.78, 5) is 38.4. The fourth-order valence-electron chi connectivity index (χ4n) is 3.73. The Kier molecular flexibility index (Phi) is 6.89. The number of anilines is 2. The number of amides is 2. The van der Waals surface area contributed by atoms with E-state index in [1.807, 2.05) is 0 Å².